The second-order valence-electron chi connectivity index (χ2n) is 4.64. The Morgan fingerprint density at radius 1 is 1.16 bits per heavy atom. The Morgan fingerprint density at radius 3 is 2.89 bits per heavy atom. The summed E-state index contributed by atoms with van der Waals surface area (Å²) in [6, 6.07) is 4.08. The quantitative estimate of drug-likeness (QED) is 0.756. The summed E-state index contributed by atoms with van der Waals surface area (Å²) in [7, 11) is 1.89. The lowest BCUT2D eigenvalue weighted by Gasteiger charge is -1.94. The van der Waals surface area contributed by atoms with E-state index in [4.69, 9.17) is 0 Å². The Balaban J connectivity index is 1.83. The van der Waals surface area contributed by atoms with Gasteiger partial charge in [-0.1, -0.05) is 11.3 Å². The molecule has 3 aromatic rings. The van der Waals surface area contributed by atoms with Crippen molar-refractivity contribution in [3.8, 4) is 0 Å². The Labute approximate surface area is 111 Å². The molecule has 6 heteroatoms. The van der Waals surface area contributed by atoms with Crippen LogP contribution in [0.4, 0.5) is 0 Å². The van der Waals surface area contributed by atoms with Gasteiger partial charge in [0.15, 0.2) is 0 Å². The lowest BCUT2D eigenvalue weighted by molar-refractivity contribution is 0.640. The molecule has 0 radical (unpaired) electrons. The molecule has 0 unspecified atom stereocenters. The maximum absolute atomic E-state index is 4.56. The number of aryl methyl sites for hydroxylation is 1. The molecular formula is C13H16N6. The van der Waals surface area contributed by atoms with E-state index in [9.17, 15) is 0 Å². The standard InChI is InChI=1S/C13H16N6/c1-10-3-4-13-15-12(7-18(13)6-10)9-19-8-11(5-14-2)16-17-19/h3-4,6-8,14H,5,9H2,1-2H3. The minimum absolute atomic E-state index is 0.636. The number of fused-ring (bicyclic) bond motifs is 1. The Hall–Kier alpha value is -2.21. The third kappa shape index (κ3) is 2.48. The van der Waals surface area contributed by atoms with Crippen LogP contribution in [0, 0.1) is 6.92 Å². The van der Waals surface area contributed by atoms with Crippen LogP contribution in [0.1, 0.15) is 17.0 Å². The van der Waals surface area contributed by atoms with E-state index in [1.54, 1.807) is 4.68 Å². The van der Waals surface area contributed by atoms with Gasteiger partial charge in [0.05, 0.1) is 24.1 Å². The molecule has 0 spiro atoms. The zero-order chi connectivity index (χ0) is 13.2. The summed E-state index contributed by atoms with van der Waals surface area (Å²) in [6.07, 6.45) is 6.03. The lowest BCUT2D eigenvalue weighted by Crippen LogP contribution is -2.05. The third-order valence-electron chi connectivity index (χ3n) is 2.92. The van der Waals surface area contributed by atoms with Gasteiger partial charge in [-0.05, 0) is 25.6 Å². The molecule has 98 valence electrons. The molecule has 3 heterocycles. The van der Waals surface area contributed by atoms with Crippen LogP contribution in [-0.4, -0.2) is 31.4 Å². The van der Waals surface area contributed by atoms with Gasteiger partial charge in [-0.3, -0.25) is 0 Å². The second kappa shape index (κ2) is 4.81. The largest absolute Gasteiger partial charge is 0.314 e. The summed E-state index contributed by atoms with van der Waals surface area (Å²) in [4.78, 5) is 4.56. The van der Waals surface area contributed by atoms with Crippen LogP contribution in [0.25, 0.3) is 5.65 Å². The van der Waals surface area contributed by atoms with Gasteiger partial charge in [-0.25, -0.2) is 9.67 Å². The lowest BCUT2D eigenvalue weighted by atomic mass is 10.3. The fourth-order valence-electron chi connectivity index (χ4n) is 2.08. The highest BCUT2D eigenvalue weighted by Crippen LogP contribution is 2.08. The summed E-state index contributed by atoms with van der Waals surface area (Å²) in [5.74, 6) is 0. The molecule has 0 amide bonds. The molecular weight excluding hydrogens is 240 g/mol. The fourth-order valence-corrected chi connectivity index (χ4v) is 2.08. The van der Waals surface area contributed by atoms with Gasteiger partial charge in [0.25, 0.3) is 0 Å². The highest BCUT2D eigenvalue weighted by molar-refractivity contribution is 5.41. The van der Waals surface area contributed by atoms with E-state index in [1.807, 2.05) is 29.9 Å². The molecule has 1 N–H and O–H groups in total. The molecule has 0 bridgehead atoms. The molecule has 3 rings (SSSR count). The summed E-state index contributed by atoms with van der Waals surface area (Å²) >= 11 is 0. The minimum atomic E-state index is 0.636. The van der Waals surface area contributed by atoms with Crippen molar-refractivity contribution in [3.63, 3.8) is 0 Å². The van der Waals surface area contributed by atoms with Crippen molar-refractivity contribution in [2.24, 2.45) is 0 Å². The van der Waals surface area contributed by atoms with Gasteiger partial charge in [-0.15, -0.1) is 5.10 Å². The minimum Gasteiger partial charge on any atom is -0.314 e. The van der Waals surface area contributed by atoms with Crippen molar-refractivity contribution < 1.29 is 0 Å². The summed E-state index contributed by atoms with van der Waals surface area (Å²) < 4.78 is 3.84. The van der Waals surface area contributed by atoms with Crippen molar-refractivity contribution >= 4 is 5.65 Å². The first-order valence-electron chi connectivity index (χ1n) is 6.22. The molecule has 0 fully saturated rings. The molecule has 3 aromatic heterocycles. The maximum Gasteiger partial charge on any atom is 0.137 e. The van der Waals surface area contributed by atoms with Gasteiger partial charge in [-0.2, -0.15) is 0 Å². The van der Waals surface area contributed by atoms with Crippen molar-refractivity contribution in [2.75, 3.05) is 7.05 Å². The van der Waals surface area contributed by atoms with Gasteiger partial charge >= 0.3 is 0 Å². The van der Waals surface area contributed by atoms with E-state index >= 15 is 0 Å². The number of hydrogen-bond donors (Lipinski definition) is 1. The fraction of sp³-hybridized carbons (Fsp3) is 0.308. The Morgan fingerprint density at radius 2 is 2.05 bits per heavy atom. The van der Waals surface area contributed by atoms with Crippen LogP contribution < -0.4 is 5.32 Å². The van der Waals surface area contributed by atoms with E-state index < -0.39 is 0 Å². The molecule has 0 atom stereocenters. The normalized spacial score (nSPS) is 11.3. The molecule has 0 aliphatic carbocycles. The van der Waals surface area contributed by atoms with Crippen molar-refractivity contribution in [1.29, 1.82) is 0 Å². The van der Waals surface area contributed by atoms with Gasteiger partial charge in [0.2, 0.25) is 0 Å². The van der Waals surface area contributed by atoms with E-state index in [2.05, 4.69) is 39.8 Å². The average Bonchev–Trinajstić information content (AvgIpc) is 2.96. The first-order valence-corrected chi connectivity index (χ1v) is 6.22. The number of rotatable bonds is 4. The van der Waals surface area contributed by atoms with Crippen LogP contribution in [0.15, 0.2) is 30.7 Å². The average molecular weight is 256 g/mol. The molecule has 0 aliphatic rings. The second-order valence-corrected chi connectivity index (χ2v) is 4.64. The van der Waals surface area contributed by atoms with Crippen LogP contribution in [-0.2, 0) is 13.1 Å². The third-order valence-corrected chi connectivity index (χ3v) is 2.92. The number of hydrogen-bond acceptors (Lipinski definition) is 4. The van der Waals surface area contributed by atoms with E-state index in [-0.39, 0.29) is 0 Å². The number of pyridine rings is 1. The SMILES string of the molecule is CNCc1cn(Cc2cn3cc(C)ccc3n2)nn1. The van der Waals surface area contributed by atoms with E-state index in [0.29, 0.717) is 6.54 Å². The smallest absolute Gasteiger partial charge is 0.137 e. The van der Waals surface area contributed by atoms with Crippen LogP contribution in [0.3, 0.4) is 0 Å². The number of nitrogens with one attached hydrogen (secondary N) is 1. The van der Waals surface area contributed by atoms with Crippen molar-refractivity contribution in [1.82, 2.24) is 29.7 Å². The zero-order valence-electron chi connectivity index (χ0n) is 11.0. The zero-order valence-corrected chi connectivity index (χ0v) is 11.0. The summed E-state index contributed by atoms with van der Waals surface area (Å²) in [6.45, 7) is 3.43. The Bertz CT molecular complexity index is 696. The van der Waals surface area contributed by atoms with Gasteiger partial charge < -0.3 is 9.72 Å². The predicted molar refractivity (Wildman–Crippen MR) is 71.8 cm³/mol. The number of nitrogens with zero attached hydrogens (tertiary/aromatic N) is 5. The first kappa shape index (κ1) is 11.9. The van der Waals surface area contributed by atoms with Gasteiger partial charge in [0.1, 0.15) is 5.65 Å². The van der Waals surface area contributed by atoms with Crippen molar-refractivity contribution in [2.45, 2.75) is 20.0 Å². The van der Waals surface area contributed by atoms with E-state index in [0.717, 1.165) is 23.6 Å². The summed E-state index contributed by atoms with van der Waals surface area (Å²) in [5, 5.41) is 11.2. The highest BCUT2D eigenvalue weighted by Gasteiger charge is 2.05. The van der Waals surface area contributed by atoms with Crippen molar-refractivity contribution in [3.05, 3.63) is 47.7 Å². The molecule has 6 nitrogen and oxygen atoms in total. The van der Waals surface area contributed by atoms with Crippen LogP contribution >= 0.6 is 0 Å². The maximum atomic E-state index is 4.56. The predicted octanol–water partition coefficient (Wildman–Crippen LogP) is 1.00. The summed E-state index contributed by atoms with van der Waals surface area (Å²) in [5.41, 5.74) is 4.08. The molecule has 0 saturated carbocycles. The number of imidazole rings is 1. The molecule has 0 aromatic carbocycles. The molecule has 19 heavy (non-hydrogen) atoms. The highest BCUT2D eigenvalue weighted by atomic mass is 15.4. The molecule has 0 saturated heterocycles. The topological polar surface area (TPSA) is 60.0 Å². The van der Waals surface area contributed by atoms with Gasteiger partial charge in [0, 0.05) is 18.9 Å². The number of aromatic nitrogens is 5. The molecule has 0 aliphatic heterocycles. The first-order chi connectivity index (χ1) is 9.24. The van der Waals surface area contributed by atoms with Crippen LogP contribution in [0.5, 0.6) is 0 Å². The van der Waals surface area contributed by atoms with Crippen LogP contribution in [0.2, 0.25) is 0 Å². The Kier molecular flexibility index (Phi) is 3.00. The van der Waals surface area contributed by atoms with E-state index in [1.165, 1.54) is 5.56 Å². The monoisotopic (exact) mass is 256 g/mol.